The van der Waals surface area contributed by atoms with Crippen LogP contribution in [0.3, 0.4) is 0 Å². The fraction of sp³-hybridized carbons (Fsp3) is 0.0556. The van der Waals surface area contributed by atoms with Crippen LogP contribution in [0.4, 0.5) is 4.79 Å². The van der Waals surface area contributed by atoms with E-state index in [4.69, 9.17) is 4.74 Å². The second-order valence-corrected chi connectivity index (χ2v) is 6.48. The minimum Gasteiger partial charge on any atom is -0.425 e. The molecule has 1 saturated heterocycles. The van der Waals surface area contributed by atoms with Gasteiger partial charge in [0.25, 0.3) is 11.1 Å². The van der Waals surface area contributed by atoms with Crippen molar-refractivity contribution in [2.24, 2.45) is 7.05 Å². The molecule has 0 aliphatic carbocycles. The van der Waals surface area contributed by atoms with Crippen LogP contribution in [-0.2, 0) is 11.8 Å². The summed E-state index contributed by atoms with van der Waals surface area (Å²) in [5.41, 5.74) is 2.60. The molecule has 0 unspecified atom stereocenters. The van der Waals surface area contributed by atoms with Gasteiger partial charge in [-0.1, -0.05) is 24.3 Å². The van der Waals surface area contributed by atoms with E-state index in [0.29, 0.717) is 16.7 Å². The molecule has 1 aliphatic heterocycles. The highest BCUT2D eigenvalue weighted by molar-refractivity contribution is 8.18. The number of benzene rings is 2. The number of para-hydroxylation sites is 2. The lowest BCUT2D eigenvalue weighted by Crippen LogP contribution is -2.17. The van der Waals surface area contributed by atoms with Gasteiger partial charge in [-0.25, -0.2) is 0 Å². The number of thioether (sulfide) groups is 1. The van der Waals surface area contributed by atoms with E-state index < -0.39 is 0 Å². The largest absolute Gasteiger partial charge is 0.425 e. The Labute approximate surface area is 147 Å². The van der Waals surface area contributed by atoms with E-state index in [1.165, 1.54) is 0 Å². The Kier molecular flexibility index (Phi) is 3.77. The lowest BCUT2D eigenvalue weighted by molar-refractivity contribution is -0.115. The number of hydrogen-bond acceptors (Lipinski definition) is 5. The molecular weight excluding hydrogens is 338 g/mol. The number of aromatic nitrogens is 2. The van der Waals surface area contributed by atoms with Crippen LogP contribution < -0.4 is 10.1 Å². The van der Waals surface area contributed by atoms with Crippen LogP contribution in [0.25, 0.3) is 17.1 Å². The Bertz CT molecular complexity index is 1040. The molecule has 2 heterocycles. The number of fused-ring (bicyclic) bond motifs is 1. The molecule has 1 aromatic heterocycles. The molecule has 1 fully saturated rings. The van der Waals surface area contributed by atoms with Crippen molar-refractivity contribution >= 4 is 40.0 Å². The molecule has 7 heteroatoms. The molecule has 4 rings (SSSR count). The first kappa shape index (κ1) is 15.5. The molecule has 0 radical (unpaired) electrons. The van der Waals surface area contributed by atoms with Gasteiger partial charge >= 0.3 is 6.01 Å². The molecule has 1 aliphatic rings. The number of imide groups is 1. The molecule has 6 nitrogen and oxygen atoms in total. The van der Waals surface area contributed by atoms with Crippen molar-refractivity contribution in [1.29, 1.82) is 0 Å². The van der Waals surface area contributed by atoms with Crippen molar-refractivity contribution in [3.8, 4) is 11.8 Å². The SMILES string of the molecule is Cn1c(Oc2cccc(/C=C3\SC(=O)NC3=O)c2)nc2ccccc21. The summed E-state index contributed by atoms with van der Waals surface area (Å²) < 4.78 is 7.77. The van der Waals surface area contributed by atoms with Crippen molar-refractivity contribution in [3.63, 3.8) is 0 Å². The summed E-state index contributed by atoms with van der Waals surface area (Å²) in [5, 5.41) is 1.88. The average Bonchev–Trinajstić information content (AvgIpc) is 3.07. The minimum absolute atomic E-state index is 0.358. The zero-order valence-corrected chi connectivity index (χ0v) is 14.0. The van der Waals surface area contributed by atoms with Crippen LogP contribution in [0.1, 0.15) is 5.56 Å². The first-order chi connectivity index (χ1) is 12.1. The van der Waals surface area contributed by atoms with Gasteiger partial charge < -0.3 is 4.74 Å². The summed E-state index contributed by atoms with van der Waals surface area (Å²) in [6.07, 6.45) is 1.66. The first-order valence-electron chi connectivity index (χ1n) is 7.54. The number of nitrogens with one attached hydrogen (secondary N) is 1. The fourth-order valence-corrected chi connectivity index (χ4v) is 3.24. The van der Waals surface area contributed by atoms with Crippen LogP contribution in [0.5, 0.6) is 11.8 Å². The molecular formula is C18H13N3O3S. The predicted molar refractivity (Wildman–Crippen MR) is 96.3 cm³/mol. The Balaban J connectivity index is 1.63. The summed E-state index contributed by atoms with van der Waals surface area (Å²) in [6.45, 7) is 0. The highest BCUT2D eigenvalue weighted by Gasteiger charge is 2.24. The minimum atomic E-state index is -0.378. The fourth-order valence-electron chi connectivity index (χ4n) is 2.56. The molecule has 0 saturated carbocycles. The van der Waals surface area contributed by atoms with E-state index in [0.717, 1.165) is 28.4 Å². The molecule has 25 heavy (non-hydrogen) atoms. The van der Waals surface area contributed by atoms with Crippen LogP contribution in [0.15, 0.2) is 53.4 Å². The second-order valence-electron chi connectivity index (χ2n) is 5.47. The number of carbonyl (C=O) groups excluding carboxylic acids is 2. The predicted octanol–water partition coefficient (Wildman–Crippen LogP) is 3.69. The van der Waals surface area contributed by atoms with E-state index >= 15 is 0 Å². The molecule has 1 N–H and O–H groups in total. The van der Waals surface area contributed by atoms with Crippen molar-refractivity contribution in [1.82, 2.24) is 14.9 Å². The number of amides is 2. The first-order valence-corrected chi connectivity index (χ1v) is 8.36. The Morgan fingerprint density at radius 2 is 2.00 bits per heavy atom. The van der Waals surface area contributed by atoms with Crippen LogP contribution in [0, 0.1) is 0 Å². The standard InChI is InChI=1S/C18H13N3O3S/c1-21-14-8-3-2-7-13(14)19-17(21)24-12-6-4-5-11(9-12)10-15-16(22)20-18(23)25-15/h2-10H,1H3,(H,20,22,23)/b15-10-. The van der Waals surface area contributed by atoms with Gasteiger partial charge in [0.1, 0.15) is 5.75 Å². The molecule has 3 aromatic rings. The molecule has 0 atom stereocenters. The van der Waals surface area contributed by atoms with Gasteiger partial charge in [-0.05, 0) is 47.7 Å². The number of ether oxygens (including phenoxy) is 1. The maximum absolute atomic E-state index is 11.6. The number of aryl methyl sites for hydroxylation is 1. The molecule has 124 valence electrons. The van der Waals surface area contributed by atoms with E-state index in [2.05, 4.69) is 10.3 Å². The number of imidazole rings is 1. The zero-order valence-electron chi connectivity index (χ0n) is 13.2. The van der Waals surface area contributed by atoms with E-state index in [9.17, 15) is 9.59 Å². The van der Waals surface area contributed by atoms with Crippen molar-refractivity contribution in [2.45, 2.75) is 0 Å². The molecule has 0 bridgehead atoms. The van der Waals surface area contributed by atoms with Gasteiger partial charge in [-0.2, -0.15) is 4.98 Å². The Hall–Kier alpha value is -3.06. The molecule has 0 spiro atoms. The highest BCUT2D eigenvalue weighted by atomic mass is 32.2. The van der Waals surface area contributed by atoms with Gasteiger partial charge in [0.05, 0.1) is 15.9 Å². The average molecular weight is 351 g/mol. The maximum Gasteiger partial charge on any atom is 0.302 e. The van der Waals surface area contributed by atoms with Crippen LogP contribution >= 0.6 is 11.8 Å². The van der Waals surface area contributed by atoms with Crippen LogP contribution in [-0.4, -0.2) is 20.7 Å². The Morgan fingerprint density at radius 3 is 2.76 bits per heavy atom. The third-order valence-electron chi connectivity index (χ3n) is 3.75. The van der Waals surface area contributed by atoms with Crippen molar-refractivity contribution < 1.29 is 14.3 Å². The third kappa shape index (κ3) is 3.01. The van der Waals surface area contributed by atoms with Gasteiger partial charge in [0.2, 0.25) is 0 Å². The van der Waals surface area contributed by atoms with E-state index in [1.54, 1.807) is 12.1 Å². The Morgan fingerprint density at radius 1 is 1.16 bits per heavy atom. The number of nitrogens with zero attached hydrogens (tertiary/aromatic N) is 2. The number of carbonyl (C=O) groups is 2. The summed E-state index contributed by atoms with van der Waals surface area (Å²) >= 11 is 0.888. The monoisotopic (exact) mass is 351 g/mol. The summed E-state index contributed by atoms with van der Waals surface area (Å²) in [4.78, 5) is 27.7. The normalized spacial score (nSPS) is 15.8. The van der Waals surface area contributed by atoms with Crippen molar-refractivity contribution in [2.75, 3.05) is 0 Å². The summed E-state index contributed by atoms with van der Waals surface area (Å²) in [7, 11) is 1.89. The van der Waals surface area contributed by atoms with Gasteiger partial charge in [0.15, 0.2) is 0 Å². The van der Waals surface area contributed by atoms with E-state index in [-0.39, 0.29) is 11.1 Å². The number of hydrogen-bond donors (Lipinski definition) is 1. The van der Waals surface area contributed by atoms with Gasteiger partial charge in [0, 0.05) is 7.05 Å². The zero-order chi connectivity index (χ0) is 17.4. The lowest BCUT2D eigenvalue weighted by atomic mass is 10.2. The van der Waals surface area contributed by atoms with Crippen molar-refractivity contribution in [3.05, 3.63) is 59.0 Å². The summed E-state index contributed by atoms with van der Waals surface area (Å²) in [5.74, 6) is 0.221. The lowest BCUT2D eigenvalue weighted by Gasteiger charge is -2.06. The van der Waals surface area contributed by atoms with Gasteiger partial charge in [-0.15, -0.1) is 0 Å². The smallest absolute Gasteiger partial charge is 0.302 e. The quantitative estimate of drug-likeness (QED) is 0.729. The van der Waals surface area contributed by atoms with Gasteiger partial charge in [-0.3, -0.25) is 19.5 Å². The topological polar surface area (TPSA) is 73.2 Å². The molecule has 2 aromatic carbocycles. The second kappa shape index (κ2) is 6.10. The molecule has 2 amide bonds. The highest BCUT2D eigenvalue weighted by Crippen LogP contribution is 2.28. The van der Waals surface area contributed by atoms with Crippen LogP contribution in [0.2, 0.25) is 0 Å². The van der Waals surface area contributed by atoms with E-state index in [1.807, 2.05) is 54.1 Å². The third-order valence-corrected chi connectivity index (χ3v) is 4.56. The number of rotatable bonds is 3. The maximum atomic E-state index is 11.6. The summed E-state index contributed by atoms with van der Waals surface area (Å²) in [6, 6.07) is 15.5.